The number of rotatable bonds is 3. The van der Waals surface area contributed by atoms with Crippen molar-refractivity contribution in [2.45, 2.75) is 57.5 Å². The molecule has 0 radical (unpaired) electrons. The maximum absolute atomic E-state index is 12.9. The van der Waals surface area contributed by atoms with Gasteiger partial charge < -0.3 is 10.2 Å². The van der Waals surface area contributed by atoms with Crippen LogP contribution < -0.4 is 5.32 Å². The van der Waals surface area contributed by atoms with Gasteiger partial charge in [-0.3, -0.25) is 4.79 Å². The maximum Gasteiger partial charge on any atom is 0.272 e. The first-order chi connectivity index (χ1) is 12.8. The monoisotopic (exact) mass is 350 g/mol. The van der Waals surface area contributed by atoms with E-state index in [1.165, 1.54) is 36.8 Å². The number of carbonyl (C=O) groups is 1. The summed E-state index contributed by atoms with van der Waals surface area (Å²) in [7, 11) is 0. The molecule has 1 aliphatic heterocycles. The second kappa shape index (κ2) is 7.85. The summed E-state index contributed by atoms with van der Waals surface area (Å²) in [5, 5.41) is 3.44. The van der Waals surface area contributed by atoms with Gasteiger partial charge in [0.1, 0.15) is 5.69 Å². The predicted molar refractivity (Wildman–Crippen MR) is 102 cm³/mol. The molecule has 2 heterocycles. The van der Waals surface area contributed by atoms with Crippen molar-refractivity contribution in [3.8, 4) is 0 Å². The summed E-state index contributed by atoms with van der Waals surface area (Å²) in [6.07, 6.45) is 10.0. The summed E-state index contributed by atoms with van der Waals surface area (Å²) < 4.78 is 0. The van der Waals surface area contributed by atoms with E-state index in [1.807, 2.05) is 11.0 Å². The zero-order valence-corrected chi connectivity index (χ0v) is 15.2. The molecular formula is C21H26N4O. The van der Waals surface area contributed by atoms with Crippen molar-refractivity contribution in [1.29, 1.82) is 0 Å². The van der Waals surface area contributed by atoms with Crippen LogP contribution in [0.15, 0.2) is 36.5 Å². The van der Waals surface area contributed by atoms with Gasteiger partial charge in [0.15, 0.2) is 0 Å². The van der Waals surface area contributed by atoms with Crippen LogP contribution >= 0.6 is 0 Å². The predicted octanol–water partition coefficient (Wildman–Crippen LogP) is 3.81. The largest absolute Gasteiger partial charge is 0.351 e. The molecule has 1 fully saturated rings. The fourth-order valence-electron chi connectivity index (χ4n) is 3.98. The molecule has 4 rings (SSSR count). The maximum atomic E-state index is 12.9. The smallest absolute Gasteiger partial charge is 0.272 e. The number of amides is 1. The van der Waals surface area contributed by atoms with Crippen molar-refractivity contribution in [1.82, 2.24) is 14.9 Å². The van der Waals surface area contributed by atoms with Gasteiger partial charge in [0.05, 0.1) is 0 Å². The summed E-state index contributed by atoms with van der Waals surface area (Å²) in [5.41, 5.74) is 3.06. The van der Waals surface area contributed by atoms with Gasteiger partial charge in [-0.1, -0.05) is 49.9 Å². The van der Waals surface area contributed by atoms with E-state index >= 15 is 0 Å². The van der Waals surface area contributed by atoms with Crippen molar-refractivity contribution in [3.63, 3.8) is 0 Å². The molecule has 0 unspecified atom stereocenters. The molecule has 0 bridgehead atoms. The molecule has 1 amide bonds. The first-order valence-electron chi connectivity index (χ1n) is 9.75. The van der Waals surface area contributed by atoms with Crippen LogP contribution in [0.4, 0.5) is 5.95 Å². The third kappa shape index (κ3) is 3.87. The van der Waals surface area contributed by atoms with Crippen LogP contribution in [0, 0.1) is 0 Å². The lowest BCUT2D eigenvalue weighted by atomic mass is 10.00. The van der Waals surface area contributed by atoms with Crippen molar-refractivity contribution in [2.75, 3.05) is 11.9 Å². The Morgan fingerprint density at radius 2 is 1.81 bits per heavy atom. The highest BCUT2D eigenvalue weighted by Crippen LogP contribution is 2.21. The SMILES string of the molecule is O=C(c1ccnc(NC2CCCCCC2)n1)N1CCc2ccccc2C1. The molecular weight excluding hydrogens is 324 g/mol. The van der Waals surface area contributed by atoms with Crippen molar-refractivity contribution >= 4 is 11.9 Å². The number of anilines is 1. The minimum Gasteiger partial charge on any atom is -0.351 e. The first-order valence-corrected chi connectivity index (χ1v) is 9.75. The Bertz CT molecular complexity index is 768. The lowest BCUT2D eigenvalue weighted by Gasteiger charge is -2.28. The fourth-order valence-corrected chi connectivity index (χ4v) is 3.98. The van der Waals surface area contributed by atoms with Gasteiger partial charge in [0.2, 0.25) is 5.95 Å². The number of benzene rings is 1. The lowest BCUT2D eigenvalue weighted by molar-refractivity contribution is 0.0728. The Morgan fingerprint density at radius 1 is 1.04 bits per heavy atom. The molecule has 5 nitrogen and oxygen atoms in total. The second-order valence-corrected chi connectivity index (χ2v) is 7.34. The van der Waals surface area contributed by atoms with E-state index in [0.717, 1.165) is 25.8 Å². The van der Waals surface area contributed by atoms with Gasteiger partial charge in [-0.2, -0.15) is 0 Å². The molecule has 1 aliphatic carbocycles. The summed E-state index contributed by atoms with van der Waals surface area (Å²) in [6, 6.07) is 10.5. The minimum atomic E-state index is -0.00850. The van der Waals surface area contributed by atoms with Gasteiger partial charge in [0.25, 0.3) is 5.91 Å². The summed E-state index contributed by atoms with van der Waals surface area (Å²) in [6.45, 7) is 1.40. The zero-order valence-electron chi connectivity index (χ0n) is 15.2. The third-order valence-electron chi connectivity index (χ3n) is 5.48. The molecule has 1 saturated carbocycles. The molecule has 0 atom stereocenters. The average Bonchev–Trinajstić information content (AvgIpc) is 2.96. The highest BCUT2D eigenvalue weighted by atomic mass is 16.2. The Morgan fingerprint density at radius 3 is 2.62 bits per heavy atom. The molecule has 2 aliphatic rings. The minimum absolute atomic E-state index is 0.00850. The van der Waals surface area contributed by atoms with Gasteiger partial charge in [-0.05, 0) is 36.5 Å². The normalized spacial score (nSPS) is 18.1. The van der Waals surface area contributed by atoms with E-state index in [0.29, 0.717) is 24.2 Å². The number of hydrogen-bond acceptors (Lipinski definition) is 4. The molecule has 5 heteroatoms. The van der Waals surface area contributed by atoms with Crippen molar-refractivity contribution < 1.29 is 4.79 Å². The van der Waals surface area contributed by atoms with Gasteiger partial charge in [-0.15, -0.1) is 0 Å². The summed E-state index contributed by atoms with van der Waals surface area (Å²) >= 11 is 0. The number of fused-ring (bicyclic) bond motifs is 1. The highest BCUT2D eigenvalue weighted by molar-refractivity contribution is 5.92. The molecule has 26 heavy (non-hydrogen) atoms. The van der Waals surface area contributed by atoms with Crippen LogP contribution in [0.1, 0.15) is 60.1 Å². The number of nitrogens with one attached hydrogen (secondary N) is 1. The first kappa shape index (κ1) is 17.0. The fraction of sp³-hybridized carbons (Fsp3) is 0.476. The number of carbonyl (C=O) groups excluding carboxylic acids is 1. The van der Waals surface area contributed by atoms with E-state index in [1.54, 1.807) is 12.3 Å². The summed E-state index contributed by atoms with van der Waals surface area (Å²) in [4.78, 5) is 23.7. The van der Waals surface area contributed by atoms with Gasteiger partial charge >= 0.3 is 0 Å². The topological polar surface area (TPSA) is 58.1 Å². The molecule has 1 aromatic heterocycles. The Kier molecular flexibility index (Phi) is 5.14. The molecule has 0 saturated heterocycles. The molecule has 0 spiro atoms. The van der Waals surface area contributed by atoms with Crippen LogP contribution in [0.3, 0.4) is 0 Å². The quantitative estimate of drug-likeness (QED) is 0.855. The average molecular weight is 350 g/mol. The Labute approximate surface area is 154 Å². The van der Waals surface area contributed by atoms with Crippen LogP contribution in [0.5, 0.6) is 0 Å². The third-order valence-corrected chi connectivity index (χ3v) is 5.48. The molecule has 1 aromatic carbocycles. The van der Waals surface area contributed by atoms with Crippen LogP contribution in [0.25, 0.3) is 0 Å². The number of aromatic nitrogens is 2. The zero-order chi connectivity index (χ0) is 17.8. The number of nitrogens with zero attached hydrogens (tertiary/aromatic N) is 3. The van der Waals surface area contributed by atoms with Crippen molar-refractivity contribution in [2.24, 2.45) is 0 Å². The number of hydrogen-bond donors (Lipinski definition) is 1. The van der Waals surface area contributed by atoms with E-state index in [2.05, 4.69) is 33.5 Å². The molecule has 136 valence electrons. The Balaban J connectivity index is 1.45. The van der Waals surface area contributed by atoms with Crippen LogP contribution in [-0.2, 0) is 13.0 Å². The lowest BCUT2D eigenvalue weighted by Crippen LogP contribution is -2.36. The van der Waals surface area contributed by atoms with Crippen LogP contribution in [0.2, 0.25) is 0 Å². The van der Waals surface area contributed by atoms with Gasteiger partial charge in [-0.25, -0.2) is 9.97 Å². The van der Waals surface area contributed by atoms with Crippen LogP contribution in [-0.4, -0.2) is 33.4 Å². The molecule has 2 aromatic rings. The Hall–Kier alpha value is -2.43. The standard InChI is InChI=1S/C21H26N4O/c26-20(25-14-12-16-7-5-6-8-17(16)15-25)19-11-13-22-21(24-19)23-18-9-3-1-2-4-10-18/h5-8,11,13,18H,1-4,9-10,12,14-15H2,(H,22,23,24). The van der Waals surface area contributed by atoms with E-state index in [-0.39, 0.29) is 5.91 Å². The van der Waals surface area contributed by atoms with E-state index < -0.39 is 0 Å². The molecule has 1 N–H and O–H groups in total. The van der Waals surface area contributed by atoms with Gasteiger partial charge in [0, 0.05) is 25.3 Å². The summed E-state index contributed by atoms with van der Waals surface area (Å²) in [5.74, 6) is 0.575. The van der Waals surface area contributed by atoms with E-state index in [4.69, 9.17) is 0 Å². The van der Waals surface area contributed by atoms with Crippen molar-refractivity contribution in [3.05, 3.63) is 53.3 Å². The van der Waals surface area contributed by atoms with E-state index in [9.17, 15) is 4.79 Å². The highest BCUT2D eigenvalue weighted by Gasteiger charge is 2.23. The second-order valence-electron chi connectivity index (χ2n) is 7.34.